The molecule has 0 amide bonds. The fourth-order valence-corrected chi connectivity index (χ4v) is 1.51. The molecule has 12 heavy (non-hydrogen) atoms. The number of aromatic nitrogens is 1. The van der Waals surface area contributed by atoms with E-state index in [0.717, 1.165) is 5.56 Å². The molecular formula is C10H12N2. The summed E-state index contributed by atoms with van der Waals surface area (Å²) in [5.41, 5.74) is 8.36. The molecule has 1 aromatic rings. The van der Waals surface area contributed by atoms with Gasteiger partial charge in [0.25, 0.3) is 0 Å². The second-order valence-electron chi connectivity index (χ2n) is 3.25. The average molecular weight is 160 g/mol. The van der Waals surface area contributed by atoms with Crippen molar-refractivity contribution in [2.75, 3.05) is 0 Å². The Bertz CT molecular complexity index is 317. The van der Waals surface area contributed by atoms with Crippen molar-refractivity contribution in [1.82, 2.24) is 4.98 Å². The van der Waals surface area contributed by atoms with Crippen molar-refractivity contribution in [3.8, 4) is 0 Å². The maximum absolute atomic E-state index is 6.00. The molecule has 2 atom stereocenters. The van der Waals surface area contributed by atoms with Crippen LogP contribution >= 0.6 is 0 Å². The molecule has 2 rings (SSSR count). The maximum Gasteiger partial charge on any atom is 0.0377 e. The minimum Gasteiger partial charge on any atom is -0.323 e. The zero-order valence-corrected chi connectivity index (χ0v) is 7.07. The van der Waals surface area contributed by atoms with Gasteiger partial charge in [-0.15, -0.1) is 0 Å². The molecule has 2 heteroatoms. The van der Waals surface area contributed by atoms with Gasteiger partial charge in [0.2, 0.25) is 0 Å². The van der Waals surface area contributed by atoms with Crippen LogP contribution in [0.1, 0.15) is 24.1 Å². The molecular weight excluding hydrogens is 148 g/mol. The van der Waals surface area contributed by atoms with Gasteiger partial charge in [0, 0.05) is 18.4 Å². The smallest absolute Gasteiger partial charge is 0.0377 e. The zero-order chi connectivity index (χ0) is 8.55. The maximum atomic E-state index is 6.00. The second kappa shape index (κ2) is 2.72. The summed E-state index contributed by atoms with van der Waals surface area (Å²) in [5.74, 6) is 0.418. The Morgan fingerprint density at radius 2 is 2.33 bits per heavy atom. The van der Waals surface area contributed by atoms with Gasteiger partial charge in [-0.25, -0.2) is 0 Å². The van der Waals surface area contributed by atoms with Crippen molar-refractivity contribution >= 4 is 6.08 Å². The Hall–Kier alpha value is -1.15. The summed E-state index contributed by atoms with van der Waals surface area (Å²) in [5, 5.41) is 0. The summed E-state index contributed by atoms with van der Waals surface area (Å²) in [6.07, 6.45) is 7.92. The van der Waals surface area contributed by atoms with Crippen LogP contribution in [0.2, 0.25) is 0 Å². The van der Waals surface area contributed by atoms with E-state index in [-0.39, 0.29) is 6.04 Å². The number of rotatable bonds is 0. The van der Waals surface area contributed by atoms with Crippen LogP contribution in [-0.4, -0.2) is 4.98 Å². The first-order valence-corrected chi connectivity index (χ1v) is 4.17. The van der Waals surface area contributed by atoms with Gasteiger partial charge in [0.1, 0.15) is 0 Å². The Kier molecular flexibility index (Phi) is 1.70. The highest BCUT2D eigenvalue weighted by molar-refractivity contribution is 5.56. The summed E-state index contributed by atoms with van der Waals surface area (Å²) in [4.78, 5) is 4.07. The zero-order valence-electron chi connectivity index (χ0n) is 7.07. The lowest BCUT2D eigenvalue weighted by atomic mass is 9.88. The average Bonchev–Trinajstić information content (AvgIpc) is 2.12. The molecule has 0 bridgehead atoms. The summed E-state index contributed by atoms with van der Waals surface area (Å²) < 4.78 is 0. The van der Waals surface area contributed by atoms with Crippen molar-refractivity contribution in [3.05, 3.63) is 35.7 Å². The topological polar surface area (TPSA) is 38.9 Å². The lowest BCUT2D eigenvalue weighted by Crippen LogP contribution is -2.21. The van der Waals surface area contributed by atoms with E-state index in [4.69, 9.17) is 5.73 Å². The Labute approximate surface area is 72.1 Å². The highest BCUT2D eigenvalue weighted by Gasteiger charge is 2.18. The predicted molar refractivity (Wildman–Crippen MR) is 49.4 cm³/mol. The number of nitrogens with zero attached hydrogens (tertiary/aromatic N) is 1. The standard InChI is InChI=1S/C10H12N2/c1-7-2-3-8-4-5-12-6-9(8)10(7)11/h2-7,10H,11H2,1H3. The van der Waals surface area contributed by atoms with Crippen LogP contribution in [0.5, 0.6) is 0 Å². The molecule has 2 unspecified atom stereocenters. The van der Waals surface area contributed by atoms with Crippen LogP contribution in [0.4, 0.5) is 0 Å². The van der Waals surface area contributed by atoms with Gasteiger partial charge in [-0.1, -0.05) is 19.1 Å². The predicted octanol–water partition coefficient (Wildman–Crippen LogP) is 1.74. The molecule has 0 aromatic carbocycles. The van der Waals surface area contributed by atoms with Crippen molar-refractivity contribution in [3.63, 3.8) is 0 Å². The summed E-state index contributed by atoms with van der Waals surface area (Å²) in [6.45, 7) is 2.12. The molecule has 2 N–H and O–H groups in total. The monoisotopic (exact) mass is 160 g/mol. The molecule has 1 aliphatic carbocycles. The van der Waals surface area contributed by atoms with E-state index in [9.17, 15) is 0 Å². The molecule has 1 aliphatic rings. The fourth-order valence-electron chi connectivity index (χ4n) is 1.51. The molecule has 2 nitrogen and oxygen atoms in total. The first kappa shape index (κ1) is 7.50. The normalized spacial score (nSPS) is 26.8. The molecule has 0 radical (unpaired) electrons. The molecule has 62 valence electrons. The van der Waals surface area contributed by atoms with Gasteiger partial charge in [-0.3, -0.25) is 4.98 Å². The van der Waals surface area contributed by atoms with Crippen molar-refractivity contribution in [1.29, 1.82) is 0 Å². The Morgan fingerprint density at radius 1 is 1.50 bits per heavy atom. The fraction of sp³-hybridized carbons (Fsp3) is 0.300. The lowest BCUT2D eigenvalue weighted by molar-refractivity contribution is 0.559. The van der Waals surface area contributed by atoms with Crippen LogP contribution in [0.25, 0.3) is 6.08 Å². The van der Waals surface area contributed by atoms with Crippen LogP contribution in [0.3, 0.4) is 0 Å². The van der Waals surface area contributed by atoms with Gasteiger partial charge < -0.3 is 5.73 Å². The quantitative estimate of drug-likeness (QED) is 0.628. The third-order valence-corrected chi connectivity index (χ3v) is 2.39. The van der Waals surface area contributed by atoms with Crippen molar-refractivity contribution in [2.24, 2.45) is 11.7 Å². The van der Waals surface area contributed by atoms with E-state index in [2.05, 4.69) is 24.1 Å². The molecule has 1 heterocycles. The minimum atomic E-state index is 0.110. The summed E-state index contributed by atoms with van der Waals surface area (Å²) in [6, 6.07) is 2.11. The summed E-state index contributed by atoms with van der Waals surface area (Å²) >= 11 is 0. The SMILES string of the molecule is CC1C=Cc2ccncc2C1N. The number of fused-ring (bicyclic) bond motifs is 1. The largest absolute Gasteiger partial charge is 0.323 e. The molecule has 0 fully saturated rings. The minimum absolute atomic E-state index is 0.110. The number of hydrogen-bond acceptors (Lipinski definition) is 2. The Morgan fingerprint density at radius 3 is 3.17 bits per heavy atom. The number of nitrogens with two attached hydrogens (primary N) is 1. The highest BCUT2D eigenvalue weighted by Crippen LogP contribution is 2.28. The first-order chi connectivity index (χ1) is 5.79. The molecule has 0 saturated heterocycles. The Balaban J connectivity index is 2.52. The van der Waals surface area contributed by atoms with Crippen molar-refractivity contribution < 1.29 is 0 Å². The first-order valence-electron chi connectivity index (χ1n) is 4.17. The van der Waals surface area contributed by atoms with E-state index < -0.39 is 0 Å². The van der Waals surface area contributed by atoms with E-state index in [1.807, 2.05) is 12.3 Å². The third kappa shape index (κ3) is 1.04. The van der Waals surface area contributed by atoms with Crippen LogP contribution in [0, 0.1) is 5.92 Å². The molecule has 0 saturated carbocycles. The highest BCUT2D eigenvalue weighted by atomic mass is 14.7. The molecule has 1 aromatic heterocycles. The van der Waals surface area contributed by atoms with Crippen LogP contribution in [-0.2, 0) is 0 Å². The second-order valence-corrected chi connectivity index (χ2v) is 3.25. The van der Waals surface area contributed by atoms with E-state index in [1.54, 1.807) is 6.20 Å². The van der Waals surface area contributed by atoms with Gasteiger partial charge in [0.15, 0.2) is 0 Å². The lowest BCUT2D eigenvalue weighted by Gasteiger charge is -2.22. The van der Waals surface area contributed by atoms with E-state index >= 15 is 0 Å². The van der Waals surface area contributed by atoms with E-state index in [0.29, 0.717) is 5.92 Å². The third-order valence-electron chi connectivity index (χ3n) is 2.39. The van der Waals surface area contributed by atoms with Crippen LogP contribution in [0.15, 0.2) is 24.5 Å². The van der Waals surface area contributed by atoms with Gasteiger partial charge in [0.05, 0.1) is 0 Å². The molecule has 0 aliphatic heterocycles. The van der Waals surface area contributed by atoms with Crippen LogP contribution < -0.4 is 5.73 Å². The van der Waals surface area contributed by atoms with E-state index in [1.165, 1.54) is 5.56 Å². The van der Waals surface area contributed by atoms with Gasteiger partial charge in [-0.05, 0) is 23.1 Å². The van der Waals surface area contributed by atoms with Gasteiger partial charge in [-0.2, -0.15) is 0 Å². The van der Waals surface area contributed by atoms with Crippen molar-refractivity contribution in [2.45, 2.75) is 13.0 Å². The van der Waals surface area contributed by atoms with Gasteiger partial charge >= 0.3 is 0 Å². The number of pyridine rings is 1. The number of hydrogen-bond donors (Lipinski definition) is 1. The summed E-state index contributed by atoms with van der Waals surface area (Å²) in [7, 11) is 0. The molecule has 0 spiro atoms.